The number of hydrogen-bond acceptors (Lipinski definition) is 4. The predicted octanol–water partition coefficient (Wildman–Crippen LogP) is 0.130. The van der Waals surface area contributed by atoms with Gasteiger partial charge in [-0.3, -0.25) is 4.79 Å². The Kier molecular flexibility index (Phi) is 5.35. The van der Waals surface area contributed by atoms with E-state index < -0.39 is 10.0 Å². The standard InChI is InChI=1S/C13H22N4O3S/c1-21(19,20)17-9-3-4-11(10-17)13(18)16-6-2-5-12-14-7-8-15-12/h7-8,11H,2-6,9-10H2,1H3,(H,14,15)(H,16,18). The Morgan fingerprint density at radius 2 is 2.38 bits per heavy atom. The quantitative estimate of drug-likeness (QED) is 0.730. The van der Waals surface area contributed by atoms with E-state index in [0.717, 1.165) is 31.5 Å². The Labute approximate surface area is 125 Å². The van der Waals surface area contributed by atoms with E-state index in [4.69, 9.17) is 0 Å². The molecule has 2 heterocycles. The van der Waals surface area contributed by atoms with Crippen molar-refractivity contribution in [3.63, 3.8) is 0 Å². The van der Waals surface area contributed by atoms with Gasteiger partial charge in [0.1, 0.15) is 5.82 Å². The van der Waals surface area contributed by atoms with Crippen LogP contribution in [0.3, 0.4) is 0 Å². The highest BCUT2D eigenvalue weighted by Crippen LogP contribution is 2.18. The van der Waals surface area contributed by atoms with Crippen LogP contribution in [-0.2, 0) is 21.2 Å². The number of H-pyrrole nitrogens is 1. The number of imidazole rings is 1. The van der Waals surface area contributed by atoms with Gasteiger partial charge in [-0.05, 0) is 19.3 Å². The largest absolute Gasteiger partial charge is 0.356 e. The summed E-state index contributed by atoms with van der Waals surface area (Å²) < 4.78 is 24.5. The smallest absolute Gasteiger partial charge is 0.224 e. The number of aromatic amines is 1. The summed E-state index contributed by atoms with van der Waals surface area (Å²) in [6, 6.07) is 0. The summed E-state index contributed by atoms with van der Waals surface area (Å²) in [7, 11) is -3.21. The Morgan fingerprint density at radius 1 is 1.57 bits per heavy atom. The van der Waals surface area contributed by atoms with Crippen LogP contribution in [0.2, 0.25) is 0 Å². The van der Waals surface area contributed by atoms with Crippen LogP contribution in [-0.4, -0.2) is 54.5 Å². The maximum atomic E-state index is 12.1. The third-order valence-corrected chi connectivity index (χ3v) is 4.94. The fraction of sp³-hybridized carbons (Fsp3) is 0.692. The van der Waals surface area contributed by atoms with Crippen LogP contribution >= 0.6 is 0 Å². The molecule has 7 nitrogen and oxygen atoms in total. The lowest BCUT2D eigenvalue weighted by molar-refractivity contribution is -0.126. The molecular formula is C13H22N4O3S. The van der Waals surface area contributed by atoms with Crippen LogP contribution < -0.4 is 5.32 Å². The molecule has 0 bridgehead atoms. The Bertz CT molecular complexity index is 556. The summed E-state index contributed by atoms with van der Waals surface area (Å²) in [4.78, 5) is 19.2. The number of hydrogen-bond donors (Lipinski definition) is 2. The lowest BCUT2D eigenvalue weighted by atomic mass is 9.99. The predicted molar refractivity (Wildman–Crippen MR) is 79.1 cm³/mol. The third-order valence-electron chi connectivity index (χ3n) is 3.67. The van der Waals surface area contributed by atoms with Crippen LogP contribution in [0.1, 0.15) is 25.1 Å². The Balaban J connectivity index is 1.72. The normalized spacial score (nSPS) is 20.3. The number of carbonyl (C=O) groups excluding carboxylic acids is 1. The number of rotatable bonds is 6. The zero-order chi connectivity index (χ0) is 15.3. The van der Waals surface area contributed by atoms with Gasteiger partial charge >= 0.3 is 0 Å². The molecule has 1 aliphatic rings. The van der Waals surface area contributed by atoms with Crippen molar-refractivity contribution in [3.05, 3.63) is 18.2 Å². The molecule has 2 N–H and O–H groups in total. The summed E-state index contributed by atoms with van der Waals surface area (Å²) in [6.45, 7) is 1.39. The molecule has 2 rings (SSSR count). The van der Waals surface area contributed by atoms with Crippen LogP contribution in [0.5, 0.6) is 0 Å². The molecular weight excluding hydrogens is 292 g/mol. The van der Waals surface area contributed by atoms with Gasteiger partial charge < -0.3 is 10.3 Å². The van der Waals surface area contributed by atoms with Crippen LogP contribution in [0.15, 0.2) is 12.4 Å². The highest BCUT2D eigenvalue weighted by molar-refractivity contribution is 7.88. The average Bonchev–Trinajstić information content (AvgIpc) is 2.96. The Hall–Kier alpha value is -1.41. The molecule has 0 saturated carbocycles. The Morgan fingerprint density at radius 3 is 3.05 bits per heavy atom. The zero-order valence-electron chi connectivity index (χ0n) is 12.2. The van der Waals surface area contributed by atoms with Crippen LogP contribution in [0, 0.1) is 5.92 Å². The molecule has 1 atom stereocenters. The van der Waals surface area contributed by atoms with Crippen molar-refractivity contribution in [2.45, 2.75) is 25.7 Å². The van der Waals surface area contributed by atoms with E-state index in [1.165, 1.54) is 10.6 Å². The number of nitrogens with zero attached hydrogens (tertiary/aromatic N) is 2. The first-order valence-electron chi connectivity index (χ1n) is 7.18. The lowest BCUT2D eigenvalue weighted by Crippen LogP contribution is -2.45. The van der Waals surface area contributed by atoms with E-state index in [2.05, 4.69) is 15.3 Å². The number of piperidine rings is 1. The van der Waals surface area contributed by atoms with Crippen molar-refractivity contribution in [1.29, 1.82) is 0 Å². The minimum Gasteiger partial charge on any atom is -0.356 e. The number of nitrogens with one attached hydrogen (secondary N) is 2. The average molecular weight is 314 g/mol. The van der Waals surface area contributed by atoms with E-state index >= 15 is 0 Å². The van der Waals surface area contributed by atoms with Gasteiger partial charge in [-0.2, -0.15) is 0 Å². The molecule has 1 amide bonds. The highest BCUT2D eigenvalue weighted by atomic mass is 32.2. The van der Waals surface area contributed by atoms with Gasteiger partial charge in [0.25, 0.3) is 0 Å². The maximum Gasteiger partial charge on any atom is 0.224 e. The first-order chi connectivity index (χ1) is 9.97. The molecule has 1 aromatic rings. The van der Waals surface area contributed by atoms with Crippen molar-refractivity contribution in [2.75, 3.05) is 25.9 Å². The molecule has 21 heavy (non-hydrogen) atoms. The minimum atomic E-state index is -3.21. The minimum absolute atomic E-state index is 0.0530. The number of carbonyl (C=O) groups is 1. The molecule has 0 radical (unpaired) electrons. The number of aryl methyl sites for hydroxylation is 1. The summed E-state index contributed by atoms with van der Waals surface area (Å²) in [5.74, 6) is 0.616. The molecule has 0 aromatic carbocycles. The molecule has 0 aliphatic carbocycles. The molecule has 8 heteroatoms. The molecule has 1 saturated heterocycles. The summed E-state index contributed by atoms with van der Waals surface area (Å²) in [5.41, 5.74) is 0. The fourth-order valence-corrected chi connectivity index (χ4v) is 3.42. The van der Waals surface area contributed by atoms with Gasteiger partial charge in [0.05, 0.1) is 12.2 Å². The fourth-order valence-electron chi connectivity index (χ4n) is 2.50. The van der Waals surface area contributed by atoms with E-state index in [0.29, 0.717) is 19.6 Å². The molecule has 118 valence electrons. The van der Waals surface area contributed by atoms with Crippen LogP contribution in [0.25, 0.3) is 0 Å². The van der Waals surface area contributed by atoms with Gasteiger partial charge in [-0.1, -0.05) is 0 Å². The second-order valence-electron chi connectivity index (χ2n) is 5.39. The molecule has 1 aromatic heterocycles. The van der Waals surface area contributed by atoms with Gasteiger partial charge in [-0.15, -0.1) is 0 Å². The number of aromatic nitrogens is 2. The third kappa shape index (κ3) is 4.82. The van der Waals surface area contributed by atoms with E-state index in [9.17, 15) is 13.2 Å². The second kappa shape index (κ2) is 7.04. The van der Waals surface area contributed by atoms with E-state index in [1.807, 2.05) is 0 Å². The van der Waals surface area contributed by atoms with E-state index in [1.54, 1.807) is 12.4 Å². The first kappa shape index (κ1) is 16.0. The highest BCUT2D eigenvalue weighted by Gasteiger charge is 2.29. The van der Waals surface area contributed by atoms with Gasteiger partial charge in [0.2, 0.25) is 15.9 Å². The second-order valence-corrected chi connectivity index (χ2v) is 7.37. The SMILES string of the molecule is CS(=O)(=O)N1CCCC(C(=O)NCCCc2ncc[nH]2)C1. The van der Waals surface area contributed by atoms with Crippen molar-refractivity contribution < 1.29 is 13.2 Å². The first-order valence-corrected chi connectivity index (χ1v) is 9.03. The molecule has 0 spiro atoms. The van der Waals surface area contributed by atoms with Crippen molar-refractivity contribution in [3.8, 4) is 0 Å². The van der Waals surface area contributed by atoms with Gasteiger partial charge in [0.15, 0.2) is 0 Å². The number of sulfonamides is 1. The van der Waals surface area contributed by atoms with E-state index in [-0.39, 0.29) is 11.8 Å². The molecule has 1 aliphatic heterocycles. The maximum absolute atomic E-state index is 12.1. The van der Waals surface area contributed by atoms with Crippen molar-refractivity contribution >= 4 is 15.9 Å². The van der Waals surface area contributed by atoms with Gasteiger partial charge in [-0.25, -0.2) is 17.7 Å². The summed E-state index contributed by atoms with van der Waals surface area (Å²) >= 11 is 0. The molecule has 1 unspecified atom stereocenters. The summed E-state index contributed by atoms with van der Waals surface area (Å²) in [5, 5.41) is 2.88. The zero-order valence-corrected chi connectivity index (χ0v) is 13.0. The van der Waals surface area contributed by atoms with Crippen molar-refractivity contribution in [2.24, 2.45) is 5.92 Å². The topological polar surface area (TPSA) is 95.2 Å². The monoisotopic (exact) mass is 314 g/mol. The van der Waals surface area contributed by atoms with Gasteiger partial charge in [0, 0.05) is 38.4 Å². The number of amides is 1. The van der Waals surface area contributed by atoms with Crippen LogP contribution in [0.4, 0.5) is 0 Å². The van der Waals surface area contributed by atoms with Crippen molar-refractivity contribution in [1.82, 2.24) is 19.6 Å². The summed E-state index contributed by atoms with van der Waals surface area (Å²) in [6.07, 6.45) is 7.74. The molecule has 1 fully saturated rings. The lowest BCUT2D eigenvalue weighted by Gasteiger charge is -2.30.